The molecule has 5 nitrogen and oxygen atoms in total. The molecule has 0 atom stereocenters. The predicted molar refractivity (Wildman–Crippen MR) is 80.1 cm³/mol. The van der Waals surface area contributed by atoms with E-state index in [1.165, 1.54) is 0 Å². The van der Waals surface area contributed by atoms with E-state index in [0.29, 0.717) is 12.2 Å². The number of nitrogens with one attached hydrogen (secondary N) is 1. The zero-order chi connectivity index (χ0) is 15.0. The average molecular weight is 283 g/mol. The third kappa shape index (κ3) is 2.54. The summed E-state index contributed by atoms with van der Waals surface area (Å²) in [6.07, 6.45) is 0. The molecule has 0 bridgehead atoms. The van der Waals surface area contributed by atoms with Crippen LogP contribution in [0.5, 0.6) is 0 Å². The van der Waals surface area contributed by atoms with Crippen molar-refractivity contribution in [3.8, 4) is 0 Å². The fraction of sp³-hybridized carbons (Fsp3) is 0.250. The van der Waals surface area contributed by atoms with Crippen LogP contribution in [-0.4, -0.2) is 28.1 Å². The summed E-state index contributed by atoms with van der Waals surface area (Å²) in [7, 11) is 1.75. The number of carbonyl (C=O) groups is 1. The molecule has 0 aliphatic rings. The Morgan fingerprint density at radius 2 is 2.10 bits per heavy atom. The number of carbonyl (C=O) groups excluding carboxylic acids is 1. The van der Waals surface area contributed by atoms with E-state index >= 15 is 0 Å². The molecule has 21 heavy (non-hydrogen) atoms. The fourth-order valence-corrected chi connectivity index (χ4v) is 2.35. The van der Waals surface area contributed by atoms with Gasteiger partial charge in [0.15, 0.2) is 5.69 Å². The molecule has 2 heterocycles. The maximum atomic E-state index is 12.5. The summed E-state index contributed by atoms with van der Waals surface area (Å²) in [6, 6.07) is 9.66. The maximum Gasteiger partial charge on any atom is 0.275 e. The highest BCUT2D eigenvalue weighted by molar-refractivity contribution is 6.04. The van der Waals surface area contributed by atoms with Crippen molar-refractivity contribution in [2.75, 3.05) is 7.05 Å². The van der Waals surface area contributed by atoms with Gasteiger partial charge in [0.25, 0.3) is 5.91 Å². The van der Waals surface area contributed by atoms with Gasteiger partial charge in [-0.05, 0) is 38.1 Å². The fourth-order valence-electron chi connectivity index (χ4n) is 2.35. The minimum absolute atomic E-state index is 0.124. The Hall–Kier alpha value is -2.56. The van der Waals surface area contributed by atoms with Gasteiger partial charge in [0.1, 0.15) is 11.5 Å². The lowest BCUT2D eigenvalue weighted by atomic mass is 10.1. The van der Waals surface area contributed by atoms with Gasteiger partial charge in [0.2, 0.25) is 0 Å². The topological polar surface area (TPSA) is 62.1 Å². The van der Waals surface area contributed by atoms with Gasteiger partial charge in [0.05, 0.1) is 12.1 Å². The lowest BCUT2D eigenvalue weighted by Crippen LogP contribution is -2.26. The number of rotatable bonds is 3. The number of H-pyrrole nitrogens is 1. The molecule has 0 fully saturated rings. The zero-order valence-electron chi connectivity index (χ0n) is 12.3. The molecule has 0 unspecified atom stereocenters. The highest BCUT2D eigenvalue weighted by Crippen LogP contribution is 2.19. The van der Waals surface area contributed by atoms with Crippen LogP contribution in [0, 0.1) is 13.8 Å². The van der Waals surface area contributed by atoms with Gasteiger partial charge < -0.3 is 9.32 Å². The number of benzene rings is 1. The van der Waals surface area contributed by atoms with Crippen LogP contribution in [0.15, 0.2) is 34.7 Å². The molecule has 3 aromatic rings. The van der Waals surface area contributed by atoms with E-state index < -0.39 is 0 Å². The number of nitrogens with zero attached hydrogens (tertiary/aromatic N) is 2. The average Bonchev–Trinajstić information content (AvgIpc) is 3.04. The first-order valence-corrected chi connectivity index (χ1v) is 6.80. The van der Waals surface area contributed by atoms with Crippen molar-refractivity contribution in [2.45, 2.75) is 20.4 Å². The summed E-state index contributed by atoms with van der Waals surface area (Å²) in [5.74, 6) is 1.48. The Morgan fingerprint density at radius 3 is 2.81 bits per heavy atom. The molecule has 1 N–H and O–H groups in total. The van der Waals surface area contributed by atoms with E-state index in [2.05, 4.69) is 10.2 Å². The van der Waals surface area contributed by atoms with Gasteiger partial charge in [-0.15, -0.1) is 0 Å². The monoisotopic (exact) mass is 283 g/mol. The van der Waals surface area contributed by atoms with Crippen molar-refractivity contribution in [1.82, 2.24) is 15.1 Å². The molecule has 3 rings (SSSR count). The van der Waals surface area contributed by atoms with Crippen molar-refractivity contribution < 1.29 is 9.21 Å². The second-order valence-corrected chi connectivity index (χ2v) is 5.29. The SMILES string of the molecule is Cc1ccc2[nH]nc(C(=O)N(C)Cc3ccc(C)o3)c2c1. The number of fused-ring (bicyclic) bond motifs is 1. The molecule has 1 aromatic carbocycles. The van der Waals surface area contributed by atoms with Crippen LogP contribution in [0.4, 0.5) is 0 Å². The van der Waals surface area contributed by atoms with Crippen molar-refractivity contribution >= 4 is 16.8 Å². The second kappa shape index (κ2) is 5.09. The Bertz CT molecular complexity index is 801. The minimum atomic E-state index is -0.124. The molecule has 0 radical (unpaired) electrons. The van der Waals surface area contributed by atoms with E-state index in [-0.39, 0.29) is 5.91 Å². The first-order valence-electron chi connectivity index (χ1n) is 6.80. The van der Waals surface area contributed by atoms with Crippen LogP contribution in [0.2, 0.25) is 0 Å². The maximum absolute atomic E-state index is 12.5. The van der Waals surface area contributed by atoms with Gasteiger partial charge >= 0.3 is 0 Å². The predicted octanol–water partition coefficient (Wildman–Crippen LogP) is 3.04. The molecule has 0 saturated heterocycles. The molecule has 1 amide bonds. The molecule has 0 saturated carbocycles. The van der Waals surface area contributed by atoms with E-state index in [1.807, 2.05) is 44.2 Å². The largest absolute Gasteiger partial charge is 0.464 e. The van der Waals surface area contributed by atoms with Crippen LogP contribution < -0.4 is 0 Å². The summed E-state index contributed by atoms with van der Waals surface area (Å²) < 4.78 is 5.51. The highest BCUT2D eigenvalue weighted by atomic mass is 16.3. The summed E-state index contributed by atoms with van der Waals surface area (Å²) in [4.78, 5) is 14.2. The van der Waals surface area contributed by atoms with E-state index in [9.17, 15) is 4.79 Å². The van der Waals surface area contributed by atoms with Crippen molar-refractivity contribution in [3.05, 3.63) is 53.1 Å². The molecule has 108 valence electrons. The van der Waals surface area contributed by atoms with Crippen LogP contribution in [0.3, 0.4) is 0 Å². The first kappa shape index (κ1) is 13.4. The number of hydrogen-bond acceptors (Lipinski definition) is 3. The van der Waals surface area contributed by atoms with Crippen molar-refractivity contribution in [3.63, 3.8) is 0 Å². The third-order valence-electron chi connectivity index (χ3n) is 3.46. The lowest BCUT2D eigenvalue weighted by molar-refractivity contribution is 0.0771. The Kier molecular flexibility index (Phi) is 3.25. The quantitative estimate of drug-likeness (QED) is 0.803. The minimum Gasteiger partial charge on any atom is -0.464 e. The molecule has 5 heteroatoms. The number of hydrogen-bond donors (Lipinski definition) is 1. The lowest BCUT2D eigenvalue weighted by Gasteiger charge is -2.14. The molecule has 0 spiro atoms. The van der Waals surface area contributed by atoms with Crippen LogP contribution in [-0.2, 0) is 6.54 Å². The standard InChI is InChI=1S/C16H17N3O2/c1-10-4-7-14-13(8-10)15(18-17-14)16(20)19(3)9-12-6-5-11(2)21-12/h4-8H,9H2,1-3H3,(H,17,18). The third-order valence-corrected chi connectivity index (χ3v) is 3.46. The van der Waals surface area contributed by atoms with E-state index in [1.54, 1.807) is 11.9 Å². The number of furan rings is 1. The Balaban J connectivity index is 1.87. The van der Waals surface area contributed by atoms with Gasteiger partial charge in [-0.2, -0.15) is 5.10 Å². The van der Waals surface area contributed by atoms with E-state index in [4.69, 9.17) is 4.42 Å². The van der Waals surface area contributed by atoms with E-state index in [0.717, 1.165) is 28.0 Å². The molecule has 0 aliphatic carbocycles. The van der Waals surface area contributed by atoms with Crippen LogP contribution in [0.1, 0.15) is 27.6 Å². The number of aryl methyl sites for hydroxylation is 2. The Labute approximate surface area is 122 Å². The summed E-state index contributed by atoms with van der Waals surface area (Å²) in [5, 5.41) is 7.91. The summed E-state index contributed by atoms with van der Waals surface area (Å²) in [6.45, 7) is 4.30. The highest BCUT2D eigenvalue weighted by Gasteiger charge is 2.19. The zero-order valence-corrected chi connectivity index (χ0v) is 12.3. The van der Waals surface area contributed by atoms with Gasteiger partial charge in [-0.25, -0.2) is 0 Å². The molecule has 2 aromatic heterocycles. The molecule has 0 aliphatic heterocycles. The second-order valence-electron chi connectivity index (χ2n) is 5.29. The first-order chi connectivity index (χ1) is 10.0. The van der Waals surface area contributed by atoms with Crippen molar-refractivity contribution in [1.29, 1.82) is 0 Å². The number of aromatic amines is 1. The molecular weight excluding hydrogens is 266 g/mol. The number of amides is 1. The number of aromatic nitrogens is 2. The van der Waals surface area contributed by atoms with Gasteiger partial charge in [-0.1, -0.05) is 11.6 Å². The Morgan fingerprint density at radius 1 is 1.29 bits per heavy atom. The summed E-state index contributed by atoms with van der Waals surface area (Å²) in [5.41, 5.74) is 2.41. The van der Waals surface area contributed by atoms with Gasteiger partial charge in [-0.3, -0.25) is 9.89 Å². The normalized spacial score (nSPS) is 11.0. The molecular formula is C16H17N3O2. The smallest absolute Gasteiger partial charge is 0.275 e. The van der Waals surface area contributed by atoms with Crippen molar-refractivity contribution in [2.24, 2.45) is 0 Å². The summed E-state index contributed by atoms with van der Waals surface area (Å²) >= 11 is 0. The van der Waals surface area contributed by atoms with Crippen LogP contribution >= 0.6 is 0 Å². The van der Waals surface area contributed by atoms with Crippen LogP contribution in [0.25, 0.3) is 10.9 Å². The van der Waals surface area contributed by atoms with Gasteiger partial charge in [0, 0.05) is 12.4 Å².